The molecule has 10 heteroatoms. The van der Waals surface area contributed by atoms with E-state index in [0.717, 1.165) is 11.1 Å². The maximum absolute atomic E-state index is 13.3. The molecule has 6 rings (SSSR count). The zero-order chi connectivity index (χ0) is 35.1. The van der Waals surface area contributed by atoms with Crippen LogP contribution in [0.1, 0.15) is 76.9 Å². The van der Waals surface area contributed by atoms with Gasteiger partial charge < -0.3 is 29.9 Å². The van der Waals surface area contributed by atoms with Crippen LogP contribution in [0.2, 0.25) is 0 Å². The molecule has 0 amide bonds. The molecule has 0 unspecified atom stereocenters. The highest BCUT2D eigenvalue weighted by molar-refractivity contribution is 5.72. The third-order valence-electron chi connectivity index (χ3n) is 9.73. The number of halogens is 2. The fraction of sp³-hybridized carbons (Fsp3) is 0.421. The highest BCUT2D eigenvalue weighted by Crippen LogP contribution is 2.47. The SMILES string of the molecule is CC[C@](C)(O)c1cc2c(c(-c3ccc(F)cc3)n1)OC[C@]2(C)CO.CC[C@](C)(O)c1cc2c(c(-c3ccc(F)cc3)n1)OC[C@]2(C)CO. The maximum Gasteiger partial charge on any atom is 0.149 e. The number of fused-ring (bicyclic) bond motifs is 2. The van der Waals surface area contributed by atoms with Crippen molar-refractivity contribution < 1.29 is 38.7 Å². The van der Waals surface area contributed by atoms with Crippen molar-refractivity contribution in [3.63, 3.8) is 0 Å². The summed E-state index contributed by atoms with van der Waals surface area (Å²) in [5.74, 6) is 0.532. The second-order valence-corrected chi connectivity index (χ2v) is 13.7. The van der Waals surface area contributed by atoms with E-state index in [1.54, 1.807) is 38.1 Å². The fourth-order valence-corrected chi connectivity index (χ4v) is 5.66. The van der Waals surface area contributed by atoms with Gasteiger partial charge in [0.25, 0.3) is 0 Å². The molecule has 0 aliphatic carbocycles. The molecule has 0 saturated heterocycles. The Morgan fingerprint density at radius 1 is 0.667 bits per heavy atom. The standard InChI is InChI=1S/2C19H22FNO3/c2*1-4-19(3,23)15-9-14-17(24-11-18(14,2)10-22)16(21-15)12-5-7-13(20)8-6-12/h2*5-9,22-23H,4,10-11H2,1-3H3/t2*18-,19-/m00/s1. The van der Waals surface area contributed by atoms with Crippen LogP contribution in [0.4, 0.5) is 8.78 Å². The molecule has 2 aromatic carbocycles. The summed E-state index contributed by atoms with van der Waals surface area (Å²) in [6.45, 7) is 11.6. The monoisotopic (exact) mass is 662 g/mol. The van der Waals surface area contributed by atoms with Gasteiger partial charge in [0.05, 0.1) is 35.4 Å². The molecular formula is C38H44F2N2O6. The van der Waals surface area contributed by atoms with E-state index >= 15 is 0 Å². The molecule has 0 radical (unpaired) electrons. The van der Waals surface area contributed by atoms with Crippen molar-refractivity contribution in [3.05, 3.63) is 94.8 Å². The third kappa shape index (κ3) is 6.54. The predicted molar refractivity (Wildman–Crippen MR) is 179 cm³/mol. The molecule has 8 nitrogen and oxygen atoms in total. The summed E-state index contributed by atoms with van der Waals surface area (Å²) in [5, 5.41) is 40.9. The van der Waals surface area contributed by atoms with Crippen LogP contribution in [0.3, 0.4) is 0 Å². The molecule has 4 aromatic rings. The van der Waals surface area contributed by atoms with Crippen molar-refractivity contribution in [1.29, 1.82) is 0 Å². The lowest BCUT2D eigenvalue weighted by molar-refractivity contribution is 0.0480. The molecule has 2 aliphatic heterocycles. The van der Waals surface area contributed by atoms with Crippen molar-refractivity contribution in [3.8, 4) is 34.0 Å². The Bertz CT molecular complexity index is 1650. The Kier molecular flexibility index (Phi) is 9.69. The van der Waals surface area contributed by atoms with Gasteiger partial charge in [0.2, 0.25) is 0 Å². The minimum absolute atomic E-state index is 0.0689. The molecule has 48 heavy (non-hydrogen) atoms. The summed E-state index contributed by atoms with van der Waals surface area (Å²) in [5.41, 5.74) is 1.95. The second kappa shape index (κ2) is 13.2. The van der Waals surface area contributed by atoms with Crippen LogP contribution >= 0.6 is 0 Å². The number of benzene rings is 2. The second-order valence-electron chi connectivity index (χ2n) is 13.7. The summed E-state index contributed by atoms with van der Waals surface area (Å²) in [7, 11) is 0. The van der Waals surface area contributed by atoms with Gasteiger partial charge in [-0.1, -0.05) is 13.8 Å². The van der Waals surface area contributed by atoms with Crippen molar-refractivity contribution in [1.82, 2.24) is 9.97 Å². The van der Waals surface area contributed by atoms with Gasteiger partial charge in [0.1, 0.15) is 58.9 Å². The molecule has 2 aliphatic rings. The van der Waals surface area contributed by atoms with E-state index in [1.165, 1.54) is 24.3 Å². The first kappa shape index (κ1) is 35.3. The average molecular weight is 663 g/mol. The Labute approximate surface area is 280 Å². The van der Waals surface area contributed by atoms with Crippen LogP contribution in [-0.4, -0.2) is 56.8 Å². The molecule has 4 atom stereocenters. The first-order valence-electron chi connectivity index (χ1n) is 16.2. The Morgan fingerprint density at radius 2 is 1.00 bits per heavy atom. The van der Waals surface area contributed by atoms with Crippen LogP contribution in [0.15, 0.2) is 60.7 Å². The number of aliphatic hydroxyl groups excluding tert-OH is 2. The van der Waals surface area contributed by atoms with Crippen LogP contribution in [0.25, 0.3) is 22.5 Å². The van der Waals surface area contributed by atoms with Gasteiger partial charge in [0, 0.05) is 22.3 Å². The molecule has 0 spiro atoms. The van der Waals surface area contributed by atoms with Gasteiger partial charge in [-0.15, -0.1) is 0 Å². The molecule has 0 bridgehead atoms. The molecular weight excluding hydrogens is 618 g/mol. The van der Waals surface area contributed by atoms with Gasteiger partial charge in [-0.25, -0.2) is 18.7 Å². The first-order chi connectivity index (χ1) is 22.6. The summed E-state index contributed by atoms with van der Waals surface area (Å²) < 4.78 is 38.2. The molecule has 0 fully saturated rings. The number of aromatic nitrogens is 2. The summed E-state index contributed by atoms with van der Waals surface area (Å²) in [6.07, 6.45) is 0.997. The van der Waals surface area contributed by atoms with E-state index < -0.39 is 22.0 Å². The van der Waals surface area contributed by atoms with Crippen LogP contribution in [0, 0.1) is 11.6 Å². The molecule has 4 N–H and O–H groups in total. The summed E-state index contributed by atoms with van der Waals surface area (Å²) >= 11 is 0. The van der Waals surface area contributed by atoms with Gasteiger partial charge in [-0.05, 0) is 101 Å². The Hall–Kier alpha value is -3.96. The fourth-order valence-electron chi connectivity index (χ4n) is 5.66. The number of aliphatic hydroxyl groups is 4. The molecule has 256 valence electrons. The van der Waals surface area contributed by atoms with Gasteiger partial charge in [0.15, 0.2) is 0 Å². The van der Waals surface area contributed by atoms with E-state index in [9.17, 15) is 29.2 Å². The van der Waals surface area contributed by atoms with Gasteiger partial charge in [-0.2, -0.15) is 0 Å². The highest BCUT2D eigenvalue weighted by atomic mass is 19.1. The molecule has 0 saturated carbocycles. The first-order valence-corrected chi connectivity index (χ1v) is 16.2. The van der Waals surface area contributed by atoms with E-state index in [2.05, 4.69) is 9.97 Å². The predicted octanol–water partition coefficient (Wildman–Crippen LogP) is 6.30. The Balaban J connectivity index is 0.000000188. The topological polar surface area (TPSA) is 125 Å². The Morgan fingerprint density at radius 3 is 1.29 bits per heavy atom. The third-order valence-corrected chi connectivity index (χ3v) is 9.73. The van der Waals surface area contributed by atoms with Crippen molar-refractivity contribution >= 4 is 0 Å². The molecule has 4 heterocycles. The number of hydrogen-bond donors (Lipinski definition) is 4. The zero-order valence-electron chi connectivity index (χ0n) is 28.3. The van der Waals surface area contributed by atoms with E-state index in [-0.39, 0.29) is 24.8 Å². The summed E-state index contributed by atoms with van der Waals surface area (Å²) in [4.78, 5) is 9.22. The lowest BCUT2D eigenvalue weighted by Gasteiger charge is -2.25. The van der Waals surface area contributed by atoms with E-state index in [4.69, 9.17) is 9.47 Å². The summed E-state index contributed by atoms with van der Waals surface area (Å²) in [6, 6.07) is 15.7. The smallest absolute Gasteiger partial charge is 0.149 e. The lowest BCUT2D eigenvalue weighted by atomic mass is 9.83. The number of nitrogens with zero attached hydrogens (tertiary/aromatic N) is 2. The number of hydrogen-bond acceptors (Lipinski definition) is 8. The largest absolute Gasteiger partial charge is 0.490 e. The van der Waals surface area contributed by atoms with Gasteiger partial charge >= 0.3 is 0 Å². The van der Waals surface area contributed by atoms with E-state index in [1.807, 2.05) is 39.8 Å². The minimum Gasteiger partial charge on any atom is -0.490 e. The number of rotatable bonds is 8. The zero-order valence-corrected chi connectivity index (χ0v) is 28.3. The number of ether oxygens (including phenoxy) is 2. The quantitative estimate of drug-likeness (QED) is 0.173. The van der Waals surface area contributed by atoms with Crippen LogP contribution in [-0.2, 0) is 22.0 Å². The molecule has 2 aromatic heterocycles. The van der Waals surface area contributed by atoms with Crippen molar-refractivity contribution in [2.24, 2.45) is 0 Å². The van der Waals surface area contributed by atoms with Crippen LogP contribution < -0.4 is 9.47 Å². The van der Waals surface area contributed by atoms with E-state index in [0.29, 0.717) is 71.5 Å². The minimum atomic E-state index is -1.09. The van der Waals surface area contributed by atoms with Crippen molar-refractivity contribution in [2.45, 2.75) is 76.4 Å². The lowest BCUT2D eigenvalue weighted by Crippen LogP contribution is -2.29. The average Bonchev–Trinajstić information content (AvgIpc) is 3.62. The van der Waals surface area contributed by atoms with Gasteiger partial charge in [-0.3, -0.25) is 0 Å². The highest BCUT2D eigenvalue weighted by Gasteiger charge is 2.41. The number of pyridine rings is 2. The van der Waals surface area contributed by atoms with Crippen LogP contribution in [0.5, 0.6) is 11.5 Å². The van der Waals surface area contributed by atoms with Crippen molar-refractivity contribution in [2.75, 3.05) is 26.4 Å². The normalized spacial score (nSPS) is 21.9. The maximum atomic E-state index is 13.3.